The monoisotopic (exact) mass is 300 g/mol. The summed E-state index contributed by atoms with van der Waals surface area (Å²) < 4.78 is 10.6. The Balaban J connectivity index is 2.70. The Labute approximate surface area is 128 Å². The van der Waals surface area contributed by atoms with Gasteiger partial charge in [0, 0.05) is 18.0 Å². The molecule has 0 atom stereocenters. The van der Waals surface area contributed by atoms with E-state index in [1.807, 2.05) is 0 Å². The summed E-state index contributed by atoms with van der Waals surface area (Å²) in [5, 5.41) is 9.70. The van der Waals surface area contributed by atoms with E-state index in [-0.39, 0.29) is 5.03 Å². The zero-order valence-corrected chi connectivity index (χ0v) is 12.4. The van der Waals surface area contributed by atoms with Crippen molar-refractivity contribution < 1.29 is 9.47 Å². The summed E-state index contributed by atoms with van der Waals surface area (Å²) in [6, 6.07) is 11.0. The molecule has 2 aromatic rings. The van der Waals surface area contributed by atoms with E-state index in [1.54, 1.807) is 56.9 Å². The molecule has 5 heteroatoms. The number of rotatable bonds is 4. The van der Waals surface area contributed by atoms with Crippen molar-refractivity contribution in [3.8, 4) is 17.6 Å². The number of ether oxygens (including phenoxy) is 2. The van der Waals surface area contributed by atoms with Crippen molar-refractivity contribution in [2.24, 2.45) is 0 Å². The summed E-state index contributed by atoms with van der Waals surface area (Å²) in [6.07, 6.45) is 3.22. The number of halogens is 1. The number of benzene rings is 1. The first-order valence-electron chi connectivity index (χ1n) is 6.14. The molecule has 0 saturated heterocycles. The first kappa shape index (κ1) is 14.9. The molecule has 1 heterocycles. The zero-order valence-electron chi connectivity index (χ0n) is 11.6. The van der Waals surface area contributed by atoms with Crippen molar-refractivity contribution in [2.45, 2.75) is 0 Å². The van der Waals surface area contributed by atoms with Crippen LogP contribution in [0.5, 0.6) is 11.5 Å². The molecule has 0 aliphatic carbocycles. The second-order valence-corrected chi connectivity index (χ2v) is 4.46. The van der Waals surface area contributed by atoms with Crippen molar-refractivity contribution in [1.29, 1.82) is 5.26 Å². The summed E-state index contributed by atoms with van der Waals surface area (Å²) in [5.41, 5.74) is 1.50. The van der Waals surface area contributed by atoms with E-state index in [4.69, 9.17) is 21.1 Å². The minimum Gasteiger partial charge on any atom is -0.496 e. The van der Waals surface area contributed by atoms with Crippen LogP contribution in [0.1, 0.15) is 11.1 Å². The first-order chi connectivity index (χ1) is 10.2. The molecule has 0 amide bonds. The fraction of sp³-hybridized carbons (Fsp3) is 0.125. The van der Waals surface area contributed by atoms with Crippen LogP contribution in [-0.4, -0.2) is 19.2 Å². The third kappa shape index (κ3) is 2.99. The van der Waals surface area contributed by atoms with Crippen LogP contribution in [-0.2, 0) is 0 Å². The Kier molecular flexibility index (Phi) is 4.81. The van der Waals surface area contributed by atoms with E-state index >= 15 is 0 Å². The highest BCUT2D eigenvalue weighted by atomic mass is 35.5. The highest BCUT2D eigenvalue weighted by Crippen LogP contribution is 2.40. The van der Waals surface area contributed by atoms with Gasteiger partial charge in [-0.05, 0) is 18.2 Å². The zero-order chi connectivity index (χ0) is 15.2. The van der Waals surface area contributed by atoms with Crippen LogP contribution in [0.3, 0.4) is 0 Å². The van der Waals surface area contributed by atoms with Crippen LogP contribution in [0, 0.1) is 11.3 Å². The molecule has 0 N–H and O–H groups in total. The van der Waals surface area contributed by atoms with Gasteiger partial charge in [-0.25, -0.2) is 0 Å². The molecule has 1 aromatic heterocycles. The van der Waals surface area contributed by atoms with Crippen LogP contribution in [0.25, 0.3) is 10.6 Å². The maximum Gasteiger partial charge on any atom is 0.131 e. The molecule has 0 bridgehead atoms. The highest BCUT2D eigenvalue weighted by Gasteiger charge is 2.18. The van der Waals surface area contributed by atoms with Crippen molar-refractivity contribution in [3.63, 3.8) is 0 Å². The summed E-state index contributed by atoms with van der Waals surface area (Å²) in [6.45, 7) is 0. The Morgan fingerprint density at radius 3 is 2.29 bits per heavy atom. The van der Waals surface area contributed by atoms with Gasteiger partial charge < -0.3 is 9.47 Å². The SMILES string of the molecule is COc1cccc(OC)c1/C(Cl)=C(/C#N)c1cccnc1. The molecule has 1 aromatic carbocycles. The third-order valence-electron chi connectivity index (χ3n) is 2.93. The van der Waals surface area contributed by atoms with Crippen LogP contribution in [0.15, 0.2) is 42.7 Å². The largest absolute Gasteiger partial charge is 0.496 e. The number of aromatic nitrogens is 1. The van der Waals surface area contributed by atoms with Gasteiger partial charge in [-0.3, -0.25) is 4.98 Å². The molecule has 0 aliphatic rings. The number of nitrogens with zero attached hydrogens (tertiary/aromatic N) is 2. The van der Waals surface area contributed by atoms with Gasteiger partial charge in [0.1, 0.15) is 17.6 Å². The number of hydrogen-bond donors (Lipinski definition) is 0. The maximum absolute atomic E-state index is 9.44. The molecule has 0 spiro atoms. The van der Waals surface area contributed by atoms with Crippen molar-refractivity contribution in [3.05, 3.63) is 53.9 Å². The van der Waals surface area contributed by atoms with Gasteiger partial charge >= 0.3 is 0 Å². The van der Waals surface area contributed by atoms with Crippen LogP contribution in [0.4, 0.5) is 0 Å². The molecule has 0 saturated carbocycles. The second kappa shape index (κ2) is 6.78. The number of allylic oxidation sites excluding steroid dienone is 1. The number of nitriles is 1. The predicted octanol–water partition coefficient (Wildman–Crippen LogP) is 3.73. The average molecular weight is 301 g/mol. The summed E-state index contributed by atoms with van der Waals surface area (Å²) in [7, 11) is 3.08. The fourth-order valence-corrected chi connectivity index (χ4v) is 2.28. The van der Waals surface area contributed by atoms with Gasteiger partial charge in [0.05, 0.1) is 30.4 Å². The fourth-order valence-electron chi connectivity index (χ4n) is 1.94. The Bertz CT molecular complexity index is 684. The summed E-state index contributed by atoms with van der Waals surface area (Å²) in [4.78, 5) is 4.01. The molecule has 0 aliphatic heterocycles. The van der Waals surface area contributed by atoms with Gasteiger partial charge in [0.2, 0.25) is 0 Å². The van der Waals surface area contributed by atoms with Crippen molar-refractivity contribution in [1.82, 2.24) is 4.98 Å². The van der Waals surface area contributed by atoms with E-state index in [1.165, 1.54) is 0 Å². The lowest BCUT2D eigenvalue weighted by Crippen LogP contribution is -1.96. The van der Waals surface area contributed by atoms with Crippen LogP contribution < -0.4 is 9.47 Å². The van der Waals surface area contributed by atoms with Crippen molar-refractivity contribution in [2.75, 3.05) is 14.2 Å². The molecule has 2 rings (SSSR count). The third-order valence-corrected chi connectivity index (χ3v) is 3.31. The van der Waals surface area contributed by atoms with E-state index in [0.29, 0.717) is 28.2 Å². The Hall–Kier alpha value is -2.51. The lowest BCUT2D eigenvalue weighted by Gasteiger charge is -2.13. The molecule has 4 nitrogen and oxygen atoms in total. The summed E-state index contributed by atoms with van der Waals surface area (Å²) in [5.74, 6) is 1.08. The lowest BCUT2D eigenvalue weighted by atomic mass is 10.0. The lowest BCUT2D eigenvalue weighted by molar-refractivity contribution is 0.392. The average Bonchev–Trinajstić information content (AvgIpc) is 2.55. The molecule has 0 fully saturated rings. The Morgan fingerprint density at radius 1 is 1.14 bits per heavy atom. The quantitative estimate of drug-likeness (QED) is 0.807. The van der Waals surface area contributed by atoms with Gasteiger partial charge in [-0.15, -0.1) is 0 Å². The second-order valence-electron chi connectivity index (χ2n) is 4.08. The van der Waals surface area contributed by atoms with E-state index in [2.05, 4.69) is 11.1 Å². The van der Waals surface area contributed by atoms with E-state index in [0.717, 1.165) is 0 Å². The predicted molar refractivity (Wildman–Crippen MR) is 82.1 cm³/mol. The van der Waals surface area contributed by atoms with Gasteiger partial charge in [-0.2, -0.15) is 5.26 Å². The van der Waals surface area contributed by atoms with Gasteiger partial charge in [0.15, 0.2) is 0 Å². The number of hydrogen-bond acceptors (Lipinski definition) is 4. The van der Waals surface area contributed by atoms with Gasteiger partial charge in [0.25, 0.3) is 0 Å². The molecule has 106 valence electrons. The number of pyridine rings is 1. The first-order valence-corrected chi connectivity index (χ1v) is 6.52. The van der Waals surface area contributed by atoms with E-state index < -0.39 is 0 Å². The number of methoxy groups -OCH3 is 2. The molecule has 0 radical (unpaired) electrons. The Morgan fingerprint density at radius 2 is 1.81 bits per heavy atom. The minimum atomic E-state index is 0.264. The molecular formula is C16H13ClN2O2. The highest BCUT2D eigenvalue weighted by molar-refractivity contribution is 6.54. The standard InChI is InChI=1S/C16H13ClN2O2/c1-20-13-6-3-7-14(21-2)15(13)16(17)12(9-18)11-5-4-8-19-10-11/h3-8,10H,1-2H3/b16-12+. The normalized spacial score (nSPS) is 11.3. The smallest absolute Gasteiger partial charge is 0.131 e. The maximum atomic E-state index is 9.44. The topological polar surface area (TPSA) is 55.1 Å². The molecule has 21 heavy (non-hydrogen) atoms. The van der Waals surface area contributed by atoms with Gasteiger partial charge in [-0.1, -0.05) is 23.7 Å². The summed E-state index contributed by atoms with van der Waals surface area (Å²) >= 11 is 6.44. The van der Waals surface area contributed by atoms with Crippen LogP contribution >= 0.6 is 11.6 Å². The van der Waals surface area contributed by atoms with E-state index in [9.17, 15) is 5.26 Å². The molecular weight excluding hydrogens is 288 g/mol. The van der Waals surface area contributed by atoms with Crippen LogP contribution in [0.2, 0.25) is 0 Å². The van der Waals surface area contributed by atoms with Crippen molar-refractivity contribution >= 4 is 22.2 Å². The minimum absolute atomic E-state index is 0.264. The molecule has 0 unspecified atom stereocenters.